The topological polar surface area (TPSA) is 84.2 Å². The molecule has 1 aromatic rings. The average Bonchev–Trinajstić information content (AvgIpc) is 2.79. The van der Waals surface area contributed by atoms with Crippen LogP contribution in [0.4, 0.5) is 13.2 Å². The molecule has 1 heterocycles. The highest BCUT2D eigenvalue weighted by Gasteiger charge is 2.38. The van der Waals surface area contributed by atoms with Crippen LogP contribution in [0.2, 0.25) is 0 Å². The molecule has 0 radical (unpaired) electrons. The average molecular weight is 341 g/mol. The van der Waals surface area contributed by atoms with Crippen molar-refractivity contribution in [3.63, 3.8) is 0 Å². The summed E-state index contributed by atoms with van der Waals surface area (Å²) in [5, 5.41) is 11.0. The van der Waals surface area contributed by atoms with Crippen molar-refractivity contribution in [2.24, 2.45) is 13.0 Å². The molecule has 0 spiro atoms. The number of aliphatic carboxylic acids is 1. The molecule has 0 bridgehead atoms. The number of carboxylic acids is 1. The molecule has 1 rings (SSSR count). The minimum Gasteiger partial charge on any atom is -0.475 e. The zero-order valence-electron chi connectivity index (χ0n) is 12.3. The Balaban J connectivity index is 0.000000534. The highest BCUT2D eigenvalue weighted by atomic mass is 32.2. The van der Waals surface area contributed by atoms with Crippen molar-refractivity contribution >= 4 is 23.6 Å². The number of hydrogen-bond donors (Lipinski definition) is 2. The molecular formula is C12H18F3N3O3S. The van der Waals surface area contributed by atoms with E-state index >= 15 is 0 Å². The second-order valence-corrected chi connectivity index (χ2v) is 5.48. The fraction of sp³-hybridized carbons (Fsp3) is 0.583. The maximum absolute atomic E-state index is 11.2. The third-order valence-electron chi connectivity index (χ3n) is 2.18. The van der Waals surface area contributed by atoms with E-state index in [9.17, 15) is 18.0 Å². The Bertz CT molecular complexity index is 489. The number of aryl methyl sites for hydroxylation is 1. The first-order valence-corrected chi connectivity index (χ1v) is 7.22. The number of aromatic nitrogens is 2. The minimum atomic E-state index is -5.08. The highest BCUT2D eigenvalue weighted by molar-refractivity contribution is 7.99. The number of rotatable bonds is 5. The molecule has 0 aliphatic carbocycles. The van der Waals surface area contributed by atoms with Gasteiger partial charge in [0, 0.05) is 37.7 Å². The number of nitrogens with one attached hydrogen (secondary N) is 1. The first-order chi connectivity index (χ1) is 10.1. The SMILES string of the molecule is CC(C)C(=O)NCCSc1nccn1C.O=C(O)C(F)(F)F. The highest BCUT2D eigenvalue weighted by Crippen LogP contribution is 2.13. The first kappa shape index (κ1) is 20.3. The summed E-state index contributed by atoms with van der Waals surface area (Å²) in [7, 11) is 1.96. The smallest absolute Gasteiger partial charge is 0.475 e. The van der Waals surface area contributed by atoms with Crippen LogP contribution in [0, 0.1) is 5.92 Å². The van der Waals surface area contributed by atoms with E-state index < -0.39 is 12.1 Å². The number of halogens is 3. The van der Waals surface area contributed by atoms with E-state index in [0.29, 0.717) is 6.54 Å². The number of carboxylic acid groups (broad SMARTS) is 1. The lowest BCUT2D eigenvalue weighted by Crippen LogP contribution is -2.29. The summed E-state index contributed by atoms with van der Waals surface area (Å²) >= 11 is 1.64. The quantitative estimate of drug-likeness (QED) is 0.631. The zero-order chi connectivity index (χ0) is 17.3. The Morgan fingerprint density at radius 3 is 2.36 bits per heavy atom. The van der Waals surface area contributed by atoms with Crippen molar-refractivity contribution in [3.8, 4) is 0 Å². The molecule has 0 fully saturated rings. The van der Waals surface area contributed by atoms with Crippen LogP contribution >= 0.6 is 11.8 Å². The van der Waals surface area contributed by atoms with Crippen LogP contribution < -0.4 is 5.32 Å². The van der Waals surface area contributed by atoms with Gasteiger partial charge in [-0.15, -0.1) is 0 Å². The molecule has 0 saturated carbocycles. The Morgan fingerprint density at radius 1 is 1.45 bits per heavy atom. The van der Waals surface area contributed by atoms with Crippen LogP contribution in [0.25, 0.3) is 0 Å². The maximum atomic E-state index is 11.2. The molecule has 0 unspecified atom stereocenters. The summed E-state index contributed by atoms with van der Waals surface area (Å²) in [6, 6.07) is 0. The van der Waals surface area contributed by atoms with Gasteiger partial charge in [-0.05, 0) is 0 Å². The number of amides is 1. The van der Waals surface area contributed by atoms with Crippen molar-refractivity contribution in [2.45, 2.75) is 25.2 Å². The molecule has 1 aromatic heterocycles. The van der Waals surface area contributed by atoms with Crippen LogP contribution in [0.5, 0.6) is 0 Å². The summed E-state index contributed by atoms with van der Waals surface area (Å²) < 4.78 is 33.7. The number of carbonyl (C=O) groups excluding carboxylic acids is 1. The molecule has 0 aliphatic heterocycles. The first-order valence-electron chi connectivity index (χ1n) is 6.23. The second-order valence-electron chi connectivity index (χ2n) is 4.42. The van der Waals surface area contributed by atoms with Gasteiger partial charge in [-0.3, -0.25) is 4.79 Å². The van der Waals surface area contributed by atoms with E-state index in [2.05, 4.69) is 10.3 Å². The van der Waals surface area contributed by atoms with Crippen molar-refractivity contribution in [1.29, 1.82) is 0 Å². The zero-order valence-corrected chi connectivity index (χ0v) is 13.2. The van der Waals surface area contributed by atoms with Gasteiger partial charge >= 0.3 is 12.1 Å². The minimum absolute atomic E-state index is 0.0585. The lowest BCUT2D eigenvalue weighted by Gasteiger charge is -2.06. The largest absolute Gasteiger partial charge is 0.490 e. The van der Waals surface area contributed by atoms with E-state index in [1.807, 2.05) is 31.7 Å². The molecule has 0 aromatic carbocycles. The lowest BCUT2D eigenvalue weighted by atomic mass is 10.2. The fourth-order valence-electron chi connectivity index (χ4n) is 1.01. The molecule has 10 heteroatoms. The summed E-state index contributed by atoms with van der Waals surface area (Å²) in [6.07, 6.45) is -1.40. The molecule has 126 valence electrons. The molecule has 22 heavy (non-hydrogen) atoms. The van der Waals surface area contributed by atoms with Gasteiger partial charge < -0.3 is 15.0 Å². The fourth-order valence-corrected chi connectivity index (χ4v) is 1.80. The third-order valence-corrected chi connectivity index (χ3v) is 3.24. The Labute approximate surface area is 130 Å². The molecule has 0 aliphatic rings. The second kappa shape index (κ2) is 9.34. The van der Waals surface area contributed by atoms with Gasteiger partial charge in [0.1, 0.15) is 0 Å². The van der Waals surface area contributed by atoms with Gasteiger partial charge in [0.05, 0.1) is 0 Å². The molecular weight excluding hydrogens is 323 g/mol. The molecule has 2 N–H and O–H groups in total. The van der Waals surface area contributed by atoms with Gasteiger partial charge in [0.15, 0.2) is 5.16 Å². The van der Waals surface area contributed by atoms with Gasteiger partial charge in [0.25, 0.3) is 0 Å². The van der Waals surface area contributed by atoms with Crippen molar-refractivity contribution in [2.75, 3.05) is 12.3 Å². The van der Waals surface area contributed by atoms with Gasteiger partial charge in [-0.1, -0.05) is 25.6 Å². The third kappa shape index (κ3) is 8.55. The summed E-state index contributed by atoms with van der Waals surface area (Å²) in [5.41, 5.74) is 0. The van der Waals surface area contributed by atoms with Gasteiger partial charge in [-0.2, -0.15) is 13.2 Å². The standard InChI is InChI=1S/C10H17N3OS.C2HF3O2/c1-8(2)9(14)11-5-7-15-10-12-4-6-13(10)3;3-2(4,5)1(6)7/h4,6,8H,5,7H2,1-3H3,(H,11,14);(H,6,7). The number of imidazole rings is 1. The Hall–Kier alpha value is -1.71. The predicted octanol–water partition coefficient (Wildman–Crippen LogP) is 1.92. The van der Waals surface area contributed by atoms with Crippen LogP contribution in [0.3, 0.4) is 0 Å². The monoisotopic (exact) mass is 341 g/mol. The molecule has 1 amide bonds. The molecule has 0 saturated heterocycles. The molecule has 6 nitrogen and oxygen atoms in total. The number of thioether (sulfide) groups is 1. The lowest BCUT2D eigenvalue weighted by molar-refractivity contribution is -0.192. The van der Waals surface area contributed by atoms with Crippen LogP contribution in [-0.2, 0) is 16.6 Å². The predicted molar refractivity (Wildman–Crippen MR) is 75.5 cm³/mol. The number of carbonyl (C=O) groups is 2. The van der Waals surface area contributed by atoms with E-state index in [-0.39, 0.29) is 11.8 Å². The van der Waals surface area contributed by atoms with E-state index in [4.69, 9.17) is 9.90 Å². The van der Waals surface area contributed by atoms with Crippen molar-refractivity contribution in [1.82, 2.24) is 14.9 Å². The van der Waals surface area contributed by atoms with Crippen LogP contribution in [-0.4, -0.2) is 45.0 Å². The Kier molecular flexibility index (Phi) is 8.61. The van der Waals surface area contributed by atoms with E-state index in [1.54, 1.807) is 18.0 Å². The maximum Gasteiger partial charge on any atom is 0.490 e. The van der Waals surface area contributed by atoms with E-state index in [1.165, 1.54) is 0 Å². The summed E-state index contributed by atoms with van der Waals surface area (Å²) in [5.74, 6) is -1.74. The number of hydrogen-bond acceptors (Lipinski definition) is 4. The number of alkyl halides is 3. The van der Waals surface area contributed by atoms with Gasteiger partial charge in [0.2, 0.25) is 5.91 Å². The number of nitrogens with zero attached hydrogens (tertiary/aromatic N) is 2. The van der Waals surface area contributed by atoms with Crippen LogP contribution in [0.1, 0.15) is 13.8 Å². The summed E-state index contributed by atoms with van der Waals surface area (Å²) in [4.78, 5) is 24.3. The Morgan fingerprint density at radius 2 is 2.00 bits per heavy atom. The van der Waals surface area contributed by atoms with Crippen molar-refractivity contribution in [3.05, 3.63) is 12.4 Å². The van der Waals surface area contributed by atoms with Crippen molar-refractivity contribution < 1.29 is 27.9 Å². The summed E-state index contributed by atoms with van der Waals surface area (Å²) in [6.45, 7) is 4.47. The van der Waals surface area contributed by atoms with Crippen LogP contribution in [0.15, 0.2) is 17.6 Å². The van der Waals surface area contributed by atoms with E-state index in [0.717, 1.165) is 10.9 Å². The molecule has 0 atom stereocenters. The normalized spacial score (nSPS) is 10.9. The van der Waals surface area contributed by atoms with Gasteiger partial charge in [-0.25, -0.2) is 9.78 Å².